The Morgan fingerprint density at radius 2 is 1.92 bits per heavy atom. The lowest BCUT2D eigenvalue weighted by Gasteiger charge is -2.21. The van der Waals surface area contributed by atoms with E-state index in [-0.39, 0.29) is 12.4 Å². The molecule has 0 saturated heterocycles. The molecule has 0 amide bonds. The minimum absolute atomic E-state index is 0.0638. The smallest absolute Gasteiger partial charge is 0.308 e. The summed E-state index contributed by atoms with van der Waals surface area (Å²) in [5.74, 6) is 7.20. The van der Waals surface area contributed by atoms with E-state index < -0.39 is 11.6 Å². The summed E-state index contributed by atoms with van der Waals surface area (Å²) in [5.41, 5.74) is 6.32. The maximum absolute atomic E-state index is 12.8. The van der Waals surface area contributed by atoms with Crippen molar-refractivity contribution in [3.05, 3.63) is 63.0 Å². The second kappa shape index (κ2) is 10.3. The van der Waals surface area contributed by atoms with Crippen LogP contribution in [0.5, 0.6) is 0 Å². The van der Waals surface area contributed by atoms with E-state index in [1.54, 1.807) is 11.3 Å². The predicted molar refractivity (Wildman–Crippen MR) is 140 cm³/mol. The Labute approximate surface area is 215 Å². The van der Waals surface area contributed by atoms with Gasteiger partial charge in [0.25, 0.3) is 0 Å². The molecule has 0 spiro atoms. The molecule has 2 aromatic heterocycles. The summed E-state index contributed by atoms with van der Waals surface area (Å²) in [6, 6.07) is 7.40. The summed E-state index contributed by atoms with van der Waals surface area (Å²) in [6.07, 6.45) is 0.612. The number of aromatic nitrogens is 3. The summed E-state index contributed by atoms with van der Waals surface area (Å²) in [5, 5.41) is 18.5. The Bertz CT molecular complexity index is 1370. The third-order valence-electron chi connectivity index (χ3n) is 5.77. The first-order chi connectivity index (χ1) is 17.1. The summed E-state index contributed by atoms with van der Waals surface area (Å²) in [7, 11) is 0. The molecule has 1 aliphatic heterocycles. The van der Waals surface area contributed by atoms with Crippen LogP contribution >= 0.6 is 11.3 Å². The molecular formula is C27H31N5O3S. The normalized spacial score (nSPS) is 14.8. The fourth-order valence-electron chi connectivity index (χ4n) is 4.06. The Morgan fingerprint density at radius 1 is 1.19 bits per heavy atom. The number of nitrogens with one attached hydrogen (secondary N) is 1. The van der Waals surface area contributed by atoms with Crippen molar-refractivity contribution < 1.29 is 14.7 Å². The van der Waals surface area contributed by atoms with Crippen LogP contribution in [0.15, 0.2) is 29.3 Å². The summed E-state index contributed by atoms with van der Waals surface area (Å²) in [6.45, 7) is 12.1. The fraction of sp³-hybridized carbons (Fsp3) is 0.407. The molecule has 188 valence electrons. The summed E-state index contributed by atoms with van der Waals surface area (Å²) < 4.78 is 7.65. The molecule has 1 atom stereocenters. The van der Waals surface area contributed by atoms with Gasteiger partial charge >= 0.3 is 5.97 Å². The van der Waals surface area contributed by atoms with E-state index in [1.165, 1.54) is 4.88 Å². The van der Waals surface area contributed by atoms with Crippen molar-refractivity contribution in [2.75, 3.05) is 6.54 Å². The van der Waals surface area contributed by atoms with Gasteiger partial charge in [0.1, 0.15) is 22.5 Å². The highest BCUT2D eigenvalue weighted by Crippen LogP contribution is 2.39. The van der Waals surface area contributed by atoms with Gasteiger partial charge in [-0.05, 0) is 59.2 Å². The molecule has 8 nitrogen and oxygen atoms in total. The first kappa shape index (κ1) is 25.8. The van der Waals surface area contributed by atoms with Gasteiger partial charge in [-0.25, -0.2) is 5.48 Å². The van der Waals surface area contributed by atoms with Crippen LogP contribution in [0.4, 0.5) is 0 Å². The van der Waals surface area contributed by atoms with Crippen LogP contribution in [-0.2, 0) is 9.53 Å². The minimum atomic E-state index is -0.589. The fourth-order valence-corrected chi connectivity index (χ4v) is 5.27. The number of hydrogen-bond donors (Lipinski definition) is 2. The first-order valence-corrected chi connectivity index (χ1v) is 12.7. The quantitative estimate of drug-likeness (QED) is 0.227. The Balaban J connectivity index is 1.81. The number of hydroxylamine groups is 1. The van der Waals surface area contributed by atoms with Crippen LogP contribution in [-0.4, -0.2) is 43.8 Å². The van der Waals surface area contributed by atoms with Gasteiger partial charge in [0.05, 0.1) is 12.1 Å². The van der Waals surface area contributed by atoms with Crippen LogP contribution in [0.25, 0.3) is 5.00 Å². The molecule has 1 aromatic carbocycles. The number of rotatable bonds is 5. The molecular weight excluding hydrogens is 474 g/mol. The van der Waals surface area contributed by atoms with Crippen molar-refractivity contribution >= 4 is 23.0 Å². The van der Waals surface area contributed by atoms with Crippen molar-refractivity contribution in [2.24, 2.45) is 4.99 Å². The van der Waals surface area contributed by atoms with Gasteiger partial charge in [0, 0.05) is 34.5 Å². The van der Waals surface area contributed by atoms with Crippen molar-refractivity contribution in [3.8, 4) is 16.8 Å². The third kappa shape index (κ3) is 5.41. The zero-order valence-electron chi connectivity index (χ0n) is 21.5. The Hall–Kier alpha value is -3.32. The number of carbonyl (C=O) groups excluding carboxylic acids is 1. The van der Waals surface area contributed by atoms with Crippen molar-refractivity contribution in [1.82, 2.24) is 20.2 Å². The SMILES string of the molecule is Cc1sc2c(c1C)C(c1ccc(C#CCCNO)cc1)=NC(CC(=O)OC(C)(C)C)c1nnc(C)n1-2. The number of aliphatic imine (C=N–C) groups is 1. The number of aryl methyl sites for hydroxylation is 2. The van der Waals surface area contributed by atoms with E-state index in [0.717, 1.165) is 38.8 Å². The lowest BCUT2D eigenvalue weighted by Crippen LogP contribution is -2.25. The van der Waals surface area contributed by atoms with Gasteiger partial charge in [-0.1, -0.05) is 24.0 Å². The number of thiophene rings is 1. The molecule has 0 radical (unpaired) electrons. The van der Waals surface area contributed by atoms with Crippen LogP contribution in [0, 0.1) is 32.6 Å². The highest BCUT2D eigenvalue weighted by molar-refractivity contribution is 7.15. The van der Waals surface area contributed by atoms with E-state index in [0.29, 0.717) is 18.8 Å². The standard InChI is InChI=1S/C27H31N5O3S/c1-16-17(2)36-26-23(16)24(20-12-10-19(11-13-20)9-7-8-14-28-34)29-21(15-22(33)35-27(4,5)6)25-31-30-18(3)32(25)26/h10-13,21,28,34H,8,14-15H2,1-6H3. The molecule has 3 aromatic rings. The Morgan fingerprint density at radius 3 is 2.58 bits per heavy atom. The number of nitrogens with zero attached hydrogens (tertiary/aromatic N) is 4. The van der Waals surface area contributed by atoms with Crippen LogP contribution in [0.3, 0.4) is 0 Å². The average Bonchev–Trinajstić information content (AvgIpc) is 3.28. The summed E-state index contributed by atoms with van der Waals surface area (Å²) in [4.78, 5) is 19.2. The second-order valence-electron chi connectivity index (χ2n) is 9.73. The van der Waals surface area contributed by atoms with Crippen molar-refractivity contribution in [1.29, 1.82) is 0 Å². The molecule has 0 aliphatic carbocycles. The molecule has 0 fully saturated rings. The molecule has 9 heteroatoms. The number of hydrogen-bond acceptors (Lipinski definition) is 8. The molecule has 4 rings (SSSR count). The van der Waals surface area contributed by atoms with Crippen LogP contribution in [0.1, 0.15) is 78.4 Å². The molecule has 3 heterocycles. The molecule has 1 aliphatic rings. The van der Waals surface area contributed by atoms with E-state index in [4.69, 9.17) is 14.9 Å². The van der Waals surface area contributed by atoms with Crippen LogP contribution in [0.2, 0.25) is 0 Å². The predicted octanol–water partition coefficient (Wildman–Crippen LogP) is 4.60. The second-order valence-corrected chi connectivity index (χ2v) is 10.9. The van der Waals surface area contributed by atoms with Crippen molar-refractivity contribution in [2.45, 2.75) is 66.0 Å². The van der Waals surface area contributed by atoms with E-state index in [9.17, 15) is 4.79 Å². The highest BCUT2D eigenvalue weighted by Gasteiger charge is 2.33. The molecule has 0 bridgehead atoms. The van der Waals surface area contributed by atoms with Gasteiger partial charge in [0.15, 0.2) is 5.82 Å². The zero-order chi connectivity index (χ0) is 26.0. The number of ether oxygens (including phenoxy) is 1. The monoisotopic (exact) mass is 505 g/mol. The number of esters is 1. The maximum Gasteiger partial charge on any atom is 0.308 e. The van der Waals surface area contributed by atoms with E-state index in [2.05, 4.69) is 41.4 Å². The van der Waals surface area contributed by atoms with Gasteiger partial charge in [-0.2, -0.15) is 0 Å². The van der Waals surface area contributed by atoms with E-state index >= 15 is 0 Å². The van der Waals surface area contributed by atoms with Gasteiger partial charge in [-0.3, -0.25) is 14.4 Å². The molecule has 2 N–H and O–H groups in total. The van der Waals surface area contributed by atoms with Crippen molar-refractivity contribution in [3.63, 3.8) is 0 Å². The number of fused-ring (bicyclic) bond motifs is 3. The largest absolute Gasteiger partial charge is 0.460 e. The Kier molecular flexibility index (Phi) is 7.41. The highest BCUT2D eigenvalue weighted by atomic mass is 32.1. The van der Waals surface area contributed by atoms with Gasteiger partial charge in [-0.15, -0.1) is 21.5 Å². The molecule has 0 saturated carbocycles. The number of benzene rings is 1. The van der Waals surface area contributed by atoms with E-state index in [1.807, 2.05) is 56.5 Å². The third-order valence-corrected chi connectivity index (χ3v) is 6.96. The summed E-state index contributed by atoms with van der Waals surface area (Å²) >= 11 is 1.68. The lowest BCUT2D eigenvalue weighted by molar-refractivity contribution is -0.155. The lowest BCUT2D eigenvalue weighted by atomic mass is 9.98. The zero-order valence-corrected chi connectivity index (χ0v) is 22.3. The van der Waals surface area contributed by atoms with Crippen LogP contribution < -0.4 is 5.48 Å². The van der Waals surface area contributed by atoms with Gasteiger partial charge in [0.2, 0.25) is 0 Å². The minimum Gasteiger partial charge on any atom is -0.460 e. The van der Waals surface area contributed by atoms with Gasteiger partial charge < -0.3 is 9.94 Å². The molecule has 1 unspecified atom stereocenters. The molecule has 36 heavy (non-hydrogen) atoms. The maximum atomic E-state index is 12.8. The number of carbonyl (C=O) groups is 1. The average molecular weight is 506 g/mol. The first-order valence-electron chi connectivity index (χ1n) is 11.9. The topological polar surface area (TPSA) is 102 Å².